The number of amides is 1. The lowest BCUT2D eigenvalue weighted by molar-refractivity contribution is -0.112. The molecule has 0 bridgehead atoms. The summed E-state index contributed by atoms with van der Waals surface area (Å²) in [6, 6.07) is 11.4. The fraction of sp³-hybridized carbons (Fsp3) is 0.273. The number of rotatable bonds is 3. The molecule has 0 spiro atoms. The molecule has 2 aliphatic rings. The van der Waals surface area contributed by atoms with Crippen LogP contribution in [0, 0.1) is 0 Å². The van der Waals surface area contributed by atoms with Gasteiger partial charge in [0.05, 0.1) is 31.1 Å². The summed E-state index contributed by atoms with van der Waals surface area (Å²) >= 11 is 0. The molecule has 1 amide bonds. The lowest BCUT2D eigenvalue weighted by atomic mass is 9.89. The molecule has 2 heterocycles. The van der Waals surface area contributed by atoms with Crippen molar-refractivity contribution in [2.24, 2.45) is 4.99 Å². The van der Waals surface area contributed by atoms with Crippen LogP contribution in [-0.2, 0) is 4.79 Å². The van der Waals surface area contributed by atoms with Crippen LogP contribution in [-0.4, -0.2) is 31.4 Å². The predicted octanol–water partition coefficient (Wildman–Crippen LogP) is 4.37. The van der Waals surface area contributed by atoms with Crippen molar-refractivity contribution >= 4 is 28.6 Å². The van der Waals surface area contributed by atoms with Gasteiger partial charge in [0.25, 0.3) is 5.91 Å². The smallest absolute Gasteiger partial charge is 0.278 e. The molecule has 5 heteroatoms. The second-order valence-electron chi connectivity index (χ2n) is 7.35. The Bertz CT molecular complexity index is 996. The Balaban J connectivity index is 1.92. The zero-order chi connectivity index (χ0) is 19.3. The van der Waals surface area contributed by atoms with E-state index in [0.717, 1.165) is 16.8 Å². The van der Waals surface area contributed by atoms with Crippen LogP contribution in [0.3, 0.4) is 0 Å². The van der Waals surface area contributed by atoms with Gasteiger partial charge in [-0.05, 0) is 26.3 Å². The van der Waals surface area contributed by atoms with Gasteiger partial charge in [0.1, 0.15) is 17.2 Å². The molecule has 0 fully saturated rings. The molecule has 0 saturated carbocycles. The summed E-state index contributed by atoms with van der Waals surface area (Å²) in [6.07, 6.45) is 2.13. The maximum absolute atomic E-state index is 13.3. The van der Waals surface area contributed by atoms with E-state index in [9.17, 15) is 4.79 Å². The summed E-state index contributed by atoms with van der Waals surface area (Å²) in [4.78, 5) is 19.9. The fourth-order valence-corrected chi connectivity index (χ4v) is 3.93. The molecule has 4 rings (SSSR count). The van der Waals surface area contributed by atoms with Crippen LogP contribution in [0.1, 0.15) is 31.9 Å². The number of ether oxygens (including phenoxy) is 2. The van der Waals surface area contributed by atoms with E-state index < -0.39 is 5.54 Å². The summed E-state index contributed by atoms with van der Waals surface area (Å²) in [5.41, 5.74) is 4.71. The molecular weight excluding hydrogens is 340 g/mol. The Morgan fingerprint density at radius 2 is 1.63 bits per heavy atom. The lowest BCUT2D eigenvalue weighted by Gasteiger charge is -2.38. The number of methoxy groups -OCH3 is 2. The monoisotopic (exact) mass is 362 g/mol. The van der Waals surface area contributed by atoms with E-state index in [0.29, 0.717) is 22.9 Å². The number of para-hydroxylation sites is 1. The van der Waals surface area contributed by atoms with Crippen molar-refractivity contribution in [1.29, 1.82) is 0 Å². The van der Waals surface area contributed by atoms with Gasteiger partial charge < -0.3 is 9.47 Å². The molecule has 2 aromatic rings. The number of anilines is 1. The van der Waals surface area contributed by atoms with Crippen molar-refractivity contribution in [2.45, 2.75) is 26.3 Å². The maximum Gasteiger partial charge on any atom is 0.278 e. The highest BCUT2D eigenvalue weighted by atomic mass is 16.5. The van der Waals surface area contributed by atoms with Crippen LogP contribution in [0.4, 0.5) is 11.4 Å². The first-order valence-electron chi connectivity index (χ1n) is 8.85. The molecule has 2 aliphatic heterocycles. The van der Waals surface area contributed by atoms with Crippen LogP contribution in [0.15, 0.2) is 47.5 Å². The van der Waals surface area contributed by atoms with Gasteiger partial charge >= 0.3 is 0 Å². The number of hydrogen-bond donors (Lipinski definition) is 0. The molecule has 0 aromatic heterocycles. The van der Waals surface area contributed by atoms with Gasteiger partial charge in [0.2, 0.25) is 0 Å². The van der Waals surface area contributed by atoms with Gasteiger partial charge in [-0.2, -0.15) is 0 Å². The Labute approximate surface area is 158 Å². The van der Waals surface area contributed by atoms with Gasteiger partial charge in [0.15, 0.2) is 0 Å². The number of carbonyl (C=O) groups excluding carboxylic acids is 1. The summed E-state index contributed by atoms with van der Waals surface area (Å²) < 4.78 is 10.6. The standard InChI is InChI=1S/C22H22N2O3/c1-13-12-22(2,3)24-20-17(13)7-6-8-18(20)19(21(24)25)23-14-9-15(26-4)11-16(10-14)27-5/h6-12H,1-5H3. The molecule has 27 heavy (non-hydrogen) atoms. The molecule has 0 unspecified atom stereocenters. The Morgan fingerprint density at radius 1 is 1.00 bits per heavy atom. The zero-order valence-corrected chi connectivity index (χ0v) is 16.2. The van der Waals surface area contributed by atoms with Crippen LogP contribution in [0.25, 0.3) is 5.57 Å². The lowest BCUT2D eigenvalue weighted by Crippen LogP contribution is -2.47. The Morgan fingerprint density at radius 3 is 2.26 bits per heavy atom. The molecule has 0 aliphatic carbocycles. The second-order valence-corrected chi connectivity index (χ2v) is 7.35. The highest BCUT2D eigenvalue weighted by Crippen LogP contribution is 2.45. The van der Waals surface area contributed by atoms with Crippen LogP contribution < -0.4 is 14.4 Å². The summed E-state index contributed by atoms with van der Waals surface area (Å²) in [7, 11) is 3.18. The minimum Gasteiger partial charge on any atom is -0.497 e. The van der Waals surface area contributed by atoms with Crippen LogP contribution in [0.2, 0.25) is 0 Å². The second kappa shape index (κ2) is 5.98. The first kappa shape index (κ1) is 17.3. The summed E-state index contributed by atoms with van der Waals surface area (Å²) in [5.74, 6) is 1.17. The first-order chi connectivity index (χ1) is 12.9. The number of nitrogens with zero attached hydrogens (tertiary/aromatic N) is 2. The Kier molecular flexibility index (Phi) is 3.84. The third kappa shape index (κ3) is 2.62. The first-order valence-corrected chi connectivity index (χ1v) is 8.85. The van der Waals surface area contributed by atoms with E-state index in [4.69, 9.17) is 14.5 Å². The van der Waals surface area contributed by atoms with Crippen LogP contribution >= 0.6 is 0 Å². The maximum atomic E-state index is 13.3. The normalized spacial score (nSPS) is 18.4. The number of carbonyl (C=O) groups is 1. The third-order valence-electron chi connectivity index (χ3n) is 5.07. The van der Waals surface area contributed by atoms with Gasteiger partial charge in [-0.25, -0.2) is 4.99 Å². The predicted molar refractivity (Wildman–Crippen MR) is 107 cm³/mol. The highest BCUT2D eigenvalue weighted by Gasteiger charge is 2.45. The van der Waals surface area contributed by atoms with Crippen molar-refractivity contribution < 1.29 is 14.3 Å². The molecule has 2 aromatic carbocycles. The van der Waals surface area contributed by atoms with Gasteiger partial charge in [0, 0.05) is 29.3 Å². The molecule has 0 saturated heterocycles. The fourth-order valence-electron chi connectivity index (χ4n) is 3.93. The Hall–Kier alpha value is -3.08. The largest absolute Gasteiger partial charge is 0.497 e. The average molecular weight is 362 g/mol. The van der Waals surface area contributed by atoms with Crippen molar-refractivity contribution in [3.05, 3.63) is 53.6 Å². The summed E-state index contributed by atoms with van der Waals surface area (Å²) in [6.45, 7) is 6.18. The zero-order valence-electron chi connectivity index (χ0n) is 16.2. The van der Waals surface area contributed by atoms with E-state index in [1.807, 2.05) is 30.9 Å². The summed E-state index contributed by atoms with van der Waals surface area (Å²) in [5, 5.41) is 0. The number of allylic oxidation sites excluding steroid dienone is 1. The molecule has 0 N–H and O–H groups in total. The molecule has 0 atom stereocenters. The molecule has 0 radical (unpaired) electrons. The van der Waals surface area contributed by atoms with Crippen molar-refractivity contribution in [3.63, 3.8) is 0 Å². The SMILES string of the molecule is COc1cc(N=C2C(=O)N3c4c(cccc42)C(C)=CC3(C)C)cc(OC)c1. The van der Waals surface area contributed by atoms with E-state index in [2.05, 4.69) is 19.1 Å². The number of aliphatic imine (C=N–C) groups is 1. The van der Waals surface area contributed by atoms with Crippen molar-refractivity contribution in [3.8, 4) is 11.5 Å². The van der Waals surface area contributed by atoms with Gasteiger partial charge in [-0.1, -0.05) is 24.3 Å². The molecular formula is C22H22N2O3. The van der Waals surface area contributed by atoms with E-state index in [1.165, 1.54) is 5.57 Å². The number of benzene rings is 2. The van der Waals surface area contributed by atoms with Crippen LogP contribution in [0.5, 0.6) is 11.5 Å². The van der Waals surface area contributed by atoms with E-state index in [1.54, 1.807) is 32.4 Å². The molecule has 5 nitrogen and oxygen atoms in total. The highest BCUT2D eigenvalue weighted by molar-refractivity contribution is 6.55. The average Bonchev–Trinajstić information content (AvgIpc) is 2.92. The number of hydrogen-bond acceptors (Lipinski definition) is 4. The third-order valence-corrected chi connectivity index (χ3v) is 5.07. The topological polar surface area (TPSA) is 51.1 Å². The van der Waals surface area contributed by atoms with E-state index >= 15 is 0 Å². The minimum atomic E-state index is -0.409. The van der Waals surface area contributed by atoms with Gasteiger partial charge in [-0.3, -0.25) is 9.69 Å². The molecule has 138 valence electrons. The minimum absolute atomic E-state index is 0.0898. The quantitative estimate of drug-likeness (QED) is 0.815. The van der Waals surface area contributed by atoms with E-state index in [-0.39, 0.29) is 5.91 Å². The van der Waals surface area contributed by atoms with Gasteiger partial charge in [-0.15, -0.1) is 0 Å². The van der Waals surface area contributed by atoms with Crippen molar-refractivity contribution in [2.75, 3.05) is 19.1 Å². The van der Waals surface area contributed by atoms with Crippen molar-refractivity contribution in [1.82, 2.24) is 0 Å².